The van der Waals surface area contributed by atoms with E-state index in [0.29, 0.717) is 0 Å². The summed E-state index contributed by atoms with van der Waals surface area (Å²) < 4.78 is 54.1. The van der Waals surface area contributed by atoms with E-state index < -0.39 is 65.3 Å². The van der Waals surface area contributed by atoms with E-state index in [1.165, 1.54) is 48.5 Å². The zero-order chi connectivity index (χ0) is 32.7. The molecule has 1 N–H and O–H groups in total. The van der Waals surface area contributed by atoms with Crippen LogP contribution in [0.3, 0.4) is 0 Å². The molecular formula is C34H30O11S. The molecule has 1 heterocycles. The summed E-state index contributed by atoms with van der Waals surface area (Å²) in [6.45, 7) is 1.02. The van der Waals surface area contributed by atoms with Crippen molar-refractivity contribution >= 4 is 28.0 Å². The molecule has 0 spiro atoms. The predicted octanol–water partition coefficient (Wildman–Crippen LogP) is 4.09. The highest BCUT2D eigenvalue weighted by Gasteiger charge is 2.52. The Morgan fingerprint density at radius 3 is 1.50 bits per heavy atom. The van der Waals surface area contributed by atoms with E-state index in [4.69, 9.17) is 23.1 Å². The van der Waals surface area contributed by atoms with Gasteiger partial charge < -0.3 is 24.1 Å². The molecule has 12 heteroatoms. The monoisotopic (exact) mass is 646 g/mol. The van der Waals surface area contributed by atoms with Crippen LogP contribution in [0, 0.1) is 6.92 Å². The third-order valence-electron chi connectivity index (χ3n) is 7.06. The molecule has 0 aliphatic carbocycles. The average molecular weight is 647 g/mol. The van der Waals surface area contributed by atoms with E-state index in [1.54, 1.807) is 73.7 Å². The molecule has 5 rings (SSSR count). The van der Waals surface area contributed by atoms with Crippen molar-refractivity contribution in [2.24, 2.45) is 0 Å². The quantitative estimate of drug-likeness (QED) is 0.151. The lowest BCUT2D eigenvalue weighted by Gasteiger charge is -2.42. The Hall–Kier alpha value is -4.88. The number of hydrogen-bond acceptors (Lipinski definition) is 11. The van der Waals surface area contributed by atoms with Gasteiger partial charge in [-0.1, -0.05) is 72.3 Å². The van der Waals surface area contributed by atoms with Gasteiger partial charge in [0, 0.05) is 0 Å². The van der Waals surface area contributed by atoms with Crippen molar-refractivity contribution in [3.8, 4) is 0 Å². The first kappa shape index (κ1) is 32.5. The molecule has 1 fully saturated rings. The van der Waals surface area contributed by atoms with Crippen LogP contribution in [-0.4, -0.2) is 68.7 Å². The molecule has 1 aliphatic rings. The average Bonchev–Trinajstić information content (AvgIpc) is 3.08. The van der Waals surface area contributed by atoms with Gasteiger partial charge in [-0.25, -0.2) is 14.4 Å². The van der Waals surface area contributed by atoms with E-state index in [-0.39, 0.29) is 21.6 Å². The molecular weight excluding hydrogens is 616 g/mol. The summed E-state index contributed by atoms with van der Waals surface area (Å²) in [5, 5.41) is 11.1. The second kappa shape index (κ2) is 14.5. The Balaban J connectivity index is 1.50. The van der Waals surface area contributed by atoms with E-state index >= 15 is 0 Å². The summed E-state index contributed by atoms with van der Waals surface area (Å²) in [6, 6.07) is 29.4. The van der Waals surface area contributed by atoms with Gasteiger partial charge in [-0.05, 0) is 55.5 Å². The van der Waals surface area contributed by atoms with E-state index in [0.717, 1.165) is 5.56 Å². The van der Waals surface area contributed by atoms with Crippen molar-refractivity contribution in [1.29, 1.82) is 0 Å². The molecule has 4 aromatic carbocycles. The second-order valence-electron chi connectivity index (χ2n) is 10.3. The number of aryl methyl sites for hydroxylation is 1. The maximum absolute atomic E-state index is 13.3. The van der Waals surface area contributed by atoms with Crippen molar-refractivity contribution in [2.75, 3.05) is 6.61 Å². The Morgan fingerprint density at radius 1 is 0.630 bits per heavy atom. The normalized spacial score (nSPS) is 21.1. The Kier molecular flexibility index (Phi) is 10.2. The maximum Gasteiger partial charge on any atom is 0.338 e. The number of rotatable bonds is 10. The van der Waals surface area contributed by atoms with Crippen LogP contribution in [0.2, 0.25) is 0 Å². The molecule has 0 saturated carbocycles. The Bertz CT molecular complexity index is 1750. The first-order valence-electron chi connectivity index (χ1n) is 14.2. The first-order chi connectivity index (χ1) is 22.1. The minimum absolute atomic E-state index is 0.111. The van der Waals surface area contributed by atoms with Crippen LogP contribution in [0.1, 0.15) is 36.6 Å². The molecule has 0 aromatic heterocycles. The van der Waals surface area contributed by atoms with Crippen LogP contribution in [-0.2, 0) is 33.2 Å². The second-order valence-corrected chi connectivity index (χ2v) is 11.9. The highest BCUT2D eigenvalue weighted by Crippen LogP contribution is 2.30. The van der Waals surface area contributed by atoms with Gasteiger partial charge in [-0.2, -0.15) is 8.42 Å². The van der Waals surface area contributed by atoms with Gasteiger partial charge in [0.15, 0.2) is 24.6 Å². The molecule has 11 nitrogen and oxygen atoms in total. The van der Waals surface area contributed by atoms with Gasteiger partial charge in [-0.3, -0.25) is 4.18 Å². The number of benzene rings is 4. The number of carbonyl (C=O) groups is 3. The van der Waals surface area contributed by atoms with Gasteiger partial charge in [-0.15, -0.1) is 0 Å². The van der Waals surface area contributed by atoms with Crippen molar-refractivity contribution in [3.63, 3.8) is 0 Å². The van der Waals surface area contributed by atoms with Gasteiger partial charge in [0.1, 0.15) is 6.10 Å². The van der Waals surface area contributed by atoms with Gasteiger partial charge in [0.05, 0.1) is 28.2 Å². The molecule has 0 amide bonds. The minimum atomic E-state index is -4.35. The minimum Gasteiger partial charge on any atom is -0.452 e. The summed E-state index contributed by atoms with van der Waals surface area (Å²) in [6.07, 6.45) is -8.47. The smallest absolute Gasteiger partial charge is 0.338 e. The third-order valence-corrected chi connectivity index (χ3v) is 8.36. The topological polar surface area (TPSA) is 152 Å². The number of esters is 3. The largest absolute Gasteiger partial charge is 0.452 e. The Morgan fingerprint density at radius 2 is 1.04 bits per heavy atom. The standard InChI is InChI=1S/C34H30O11S/c1-22-17-19-26(20-18-22)46(39,40)41-21-27-28(43-31(35)23-11-5-2-6-12-23)29(44-32(36)24-13-7-3-8-14-24)30(34(38)42-27)45-33(37)25-15-9-4-10-16-25/h2-20,27-30,34,38H,21H2,1H3. The van der Waals surface area contributed by atoms with Crippen LogP contribution in [0.4, 0.5) is 0 Å². The number of aliphatic hydroxyl groups excluding tert-OH is 1. The van der Waals surface area contributed by atoms with Gasteiger partial charge in [0.2, 0.25) is 0 Å². The van der Waals surface area contributed by atoms with Crippen LogP contribution in [0.5, 0.6) is 0 Å². The molecule has 0 radical (unpaired) electrons. The lowest BCUT2D eigenvalue weighted by atomic mass is 9.98. The molecule has 238 valence electrons. The van der Waals surface area contributed by atoms with Crippen LogP contribution >= 0.6 is 0 Å². The molecule has 1 saturated heterocycles. The molecule has 1 aliphatic heterocycles. The van der Waals surface area contributed by atoms with Crippen molar-refractivity contribution in [1.82, 2.24) is 0 Å². The Labute approximate surface area is 265 Å². The van der Waals surface area contributed by atoms with Gasteiger partial charge >= 0.3 is 17.9 Å². The summed E-state index contributed by atoms with van der Waals surface area (Å²) in [5.74, 6) is -2.67. The molecule has 4 aromatic rings. The summed E-state index contributed by atoms with van der Waals surface area (Å²) >= 11 is 0. The van der Waals surface area contributed by atoms with E-state index in [9.17, 15) is 27.9 Å². The van der Waals surface area contributed by atoms with E-state index in [2.05, 4.69) is 0 Å². The maximum atomic E-state index is 13.3. The highest BCUT2D eigenvalue weighted by molar-refractivity contribution is 7.86. The first-order valence-corrected chi connectivity index (χ1v) is 15.6. The predicted molar refractivity (Wildman–Crippen MR) is 162 cm³/mol. The third kappa shape index (κ3) is 7.85. The number of carbonyl (C=O) groups excluding carboxylic acids is 3. The fourth-order valence-electron chi connectivity index (χ4n) is 4.66. The zero-order valence-electron chi connectivity index (χ0n) is 24.5. The fraction of sp³-hybridized carbons (Fsp3) is 0.206. The van der Waals surface area contributed by atoms with Crippen molar-refractivity contribution in [3.05, 3.63) is 138 Å². The van der Waals surface area contributed by atoms with Crippen molar-refractivity contribution < 1.29 is 51.0 Å². The highest BCUT2D eigenvalue weighted by atomic mass is 32.2. The van der Waals surface area contributed by atoms with Crippen LogP contribution in [0.25, 0.3) is 0 Å². The molecule has 0 bridgehead atoms. The number of hydrogen-bond donors (Lipinski definition) is 1. The summed E-state index contributed by atoms with van der Waals surface area (Å²) in [5.41, 5.74) is 1.17. The molecule has 46 heavy (non-hydrogen) atoms. The van der Waals surface area contributed by atoms with Crippen LogP contribution in [0.15, 0.2) is 120 Å². The molecule has 5 atom stereocenters. The SMILES string of the molecule is Cc1ccc(S(=O)(=O)OCC2OC(O)C(OC(=O)c3ccccc3)C(OC(=O)c3ccccc3)C2OC(=O)c2ccccc2)cc1. The summed E-state index contributed by atoms with van der Waals surface area (Å²) in [4.78, 5) is 39.5. The lowest BCUT2D eigenvalue weighted by Crippen LogP contribution is -2.62. The van der Waals surface area contributed by atoms with Crippen LogP contribution < -0.4 is 0 Å². The van der Waals surface area contributed by atoms with E-state index in [1.807, 2.05) is 0 Å². The zero-order valence-corrected chi connectivity index (χ0v) is 25.3. The number of aliphatic hydroxyl groups is 1. The molecule has 5 unspecified atom stereocenters. The van der Waals surface area contributed by atoms with Crippen molar-refractivity contribution in [2.45, 2.75) is 42.5 Å². The summed E-state index contributed by atoms with van der Waals surface area (Å²) in [7, 11) is -4.35. The van der Waals surface area contributed by atoms with Gasteiger partial charge in [0.25, 0.3) is 10.1 Å². The number of ether oxygens (including phenoxy) is 4. The fourth-order valence-corrected chi connectivity index (χ4v) is 5.58. The lowest BCUT2D eigenvalue weighted by molar-refractivity contribution is -0.283.